The van der Waals surface area contributed by atoms with Gasteiger partial charge in [-0.25, -0.2) is 4.79 Å². The van der Waals surface area contributed by atoms with Crippen LogP contribution in [0.5, 0.6) is 0 Å². The number of carbonyl (C=O) groups is 1. The summed E-state index contributed by atoms with van der Waals surface area (Å²) >= 11 is 0. The van der Waals surface area contributed by atoms with Gasteiger partial charge >= 0.3 is 5.97 Å². The molecule has 0 bridgehead atoms. The summed E-state index contributed by atoms with van der Waals surface area (Å²) in [7, 11) is 0. The Hall–Kier alpha value is -9.10. The van der Waals surface area contributed by atoms with E-state index in [1.165, 1.54) is 0 Å². The maximum Gasteiger partial charge on any atom is 0.327 e. The van der Waals surface area contributed by atoms with Gasteiger partial charge in [0.15, 0.2) is 5.84 Å². The minimum Gasteiger partial charge on any atom is -0.478 e. The molecule has 1 fully saturated rings. The van der Waals surface area contributed by atoms with E-state index in [1.54, 1.807) is 13.8 Å². The number of carboxylic acid groups (broad SMARTS) is 1. The smallest absolute Gasteiger partial charge is 0.327 e. The number of amidine groups is 1. The second kappa shape index (κ2) is 43.5. The highest BCUT2D eigenvalue weighted by Crippen LogP contribution is 2.14. The van der Waals surface area contributed by atoms with Crippen molar-refractivity contribution in [3.63, 3.8) is 0 Å². The SMILES string of the molecule is C=CC(=O)O.CC#CC#CC#CC#CC#CC#CC#CC#CC1=NCCN1CCN=CCC.CC#CC#CC#CC#CC#CC#CC#CC#CC1N(CCC)CCN1CCN=CCC.[HH].[HH].[HH].[HH].[HH].[HH].[HH].[HH].[HH].[HH].[HH].[HH].[HH].[HH].[HH].[HH].[HH].[HH].[HH].[HH].[HH].[HH].[HH].[HH].[HH].[HH].[HH].[HH].[HH].[HH]. The van der Waals surface area contributed by atoms with Gasteiger partial charge in [0.25, 0.3) is 0 Å². The van der Waals surface area contributed by atoms with E-state index in [0.717, 1.165) is 90.1 Å². The lowest BCUT2D eigenvalue weighted by atomic mass is 10.3. The Morgan fingerprint density at radius 2 is 0.984 bits per heavy atom. The second-order valence-electron chi connectivity index (χ2n) is 11.4. The number of aliphatic imine (C=N–C) groups is 3. The lowest BCUT2D eigenvalue weighted by Gasteiger charge is -2.25. The Balaban J connectivity index is -0.0000000209. The lowest BCUT2D eigenvalue weighted by Crippen LogP contribution is -2.39. The molecule has 0 spiro atoms. The maximum atomic E-state index is 9.25. The summed E-state index contributed by atoms with van der Waals surface area (Å²) in [4.78, 5) is 29.2. The summed E-state index contributed by atoms with van der Waals surface area (Å²) in [5, 5.41) is 7.60. The average Bonchev–Trinajstić information content (AvgIpc) is 3.92. The van der Waals surface area contributed by atoms with E-state index < -0.39 is 5.97 Å². The highest BCUT2D eigenvalue weighted by molar-refractivity contribution is 6.00. The van der Waals surface area contributed by atoms with Gasteiger partial charge in [-0.3, -0.25) is 24.8 Å². The maximum absolute atomic E-state index is 9.25. The number of nitrogens with zero attached hydrogens (tertiary/aromatic N) is 6. The normalized spacial score (nSPS) is 11.5. The predicted molar refractivity (Wildman–Crippen MR) is 325 cm³/mol. The number of hydrogen-bond donors (Lipinski definition) is 1. The molecule has 1 atom stereocenters. The Morgan fingerprint density at radius 3 is 1.38 bits per heavy atom. The third-order valence-corrected chi connectivity index (χ3v) is 6.87. The van der Waals surface area contributed by atoms with Crippen LogP contribution in [0.4, 0.5) is 0 Å². The van der Waals surface area contributed by atoms with Crippen LogP contribution in [0.25, 0.3) is 0 Å². The summed E-state index contributed by atoms with van der Waals surface area (Å²) in [6, 6.07) is 0. The van der Waals surface area contributed by atoms with Gasteiger partial charge in [-0.1, -0.05) is 45.1 Å². The Labute approximate surface area is 428 Å². The molecule has 0 amide bonds. The van der Waals surface area contributed by atoms with Crippen molar-refractivity contribution in [1.29, 1.82) is 0 Å². The number of carboxylic acids is 1. The topological polar surface area (TPSA) is 84.1 Å². The molecule has 64 heavy (non-hydrogen) atoms. The van der Waals surface area contributed by atoms with Crippen LogP contribution < -0.4 is 0 Å². The number of rotatable bonds is 11. The molecule has 0 radical (unpaired) electrons. The minimum absolute atomic E-state index is 0. The quantitative estimate of drug-likeness (QED) is 0.127. The lowest BCUT2D eigenvalue weighted by molar-refractivity contribution is -0.131. The molecule has 0 aromatic rings. The highest BCUT2D eigenvalue weighted by Gasteiger charge is 2.29. The Kier molecular flexibility index (Phi) is 37.3. The third-order valence-electron chi connectivity index (χ3n) is 6.87. The highest BCUT2D eigenvalue weighted by atomic mass is 16.4. The fourth-order valence-corrected chi connectivity index (χ4v) is 4.36. The zero-order chi connectivity index (χ0) is 46.8. The molecular formula is C56H106N6O2. The van der Waals surface area contributed by atoms with E-state index in [2.05, 4.69) is 246 Å². The summed E-state index contributed by atoms with van der Waals surface area (Å²) in [5.74, 6) is 84.3. The molecule has 1 saturated heterocycles. The molecular weight excluding hydrogens is 789 g/mol. The zero-order valence-electron chi connectivity index (χ0n) is 37.0. The molecule has 1 unspecified atom stereocenters. The third kappa shape index (κ3) is 33.8. The van der Waals surface area contributed by atoms with Gasteiger partial charge in [-0.15, -0.1) is 0 Å². The fraction of sp³-hybridized carbons (Fsp3) is 0.321. The van der Waals surface area contributed by atoms with E-state index in [1.807, 2.05) is 12.4 Å². The standard InChI is InChI=1S/C28H25N3.C25H17N3.C3H4O2.30H2/c1-4-7-8-9-10-11-12-13-14-15-16-17-18-19-20-21-28-30(24-6-3)26-27-31(28)25-23-29-22-5-2;1-3-5-6-7-8-9-10-11-12-13-14-15-16-17-18-19-25-27-22-24-28(25)23-21-26-20-4-2;1-2-3(4)5;;;;;;;;;;;;;;;;;;;;;;;;;;;;;;/h22,28H,5-6,23-27H2,1-3H3;20H,4,21-24H2,1-2H3;2H,1H2,(H,4,5);30*1H. The molecule has 2 rings (SSSR count). The van der Waals surface area contributed by atoms with Crippen molar-refractivity contribution >= 4 is 24.2 Å². The average molecular weight is 896 g/mol. The van der Waals surface area contributed by atoms with E-state index in [4.69, 9.17) is 5.11 Å². The fourth-order valence-electron chi connectivity index (χ4n) is 4.36. The first kappa shape index (κ1) is 54.9. The van der Waals surface area contributed by atoms with Crippen LogP contribution in [-0.4, -0.2) is 109 Å². The van der Waals surface area contributed by atoms with Crippen molar-refractivity contribution in [1.82, 2.24) is 14.7 Å². The molecule has 0 aliphatic carbocycles. The molecule has 0 saturated carbocycles. The number of aliphatic carboxylic acids is 1. The first-order valence-corrected chi connectivity index (χ1v) is 19.9. The van der Waals surface area contributed by atoms with Crippen molar-refractivity contribution < 1.29 is 52.7 Å². The minimum atomic E-state index is -0.981. The summed E-state index contributed by atoms with van der Waals surface area (Å²) in [6.45, 7) is 20.7. The largest absolute Gasteiger partial charge is 0.478 e. The molecule has 0 aromatic heterocycles. The van der Waals surface area contributed by atoms with Gasteiger partial charge in [0, 0.05) is 88.1 Å². The van der Waals surface area contributed by atoms with Gasteiger partial charge < -0.3 is 10.0 Å². The molecule has 2 aliphatic heterocycles. The van der Waals surface area contributed by atoms with Gasteiger partial charge in [-0.05, 0) is 217 Å². The van der Waals surface area contributed by atoms with E-state index >= 15 is 0 Å². The van der Waals surface area contributed by atoms with Crippen LogP contribution in [-0.2, 0) is 4.79 Å². The van der Waals surface area contributed by atoms with Crippen LogP contribution >= 0.6 is 0 Å². The van der Waals surface area contributed by atoms with E-state index in [0.29, 0.717) is 0 Å². The molecule has 372 valence electrons. The van der Waals surface area contributed by atoms with Gasteiger partial charge in [0.05, 0.1) is 19.6 Å². The van der Waals surface area contributed by atoms with Crippen molar-refractivity contribution in [2.24, 2.45) is 15.0 Å². The van der Waals surface area contributed by atoms with Crippen molar-refractivity contribution in [2.75, 3.05) is 58.9 Å². The molecule has 8 heteroatoms. The van der Waals surface area contributed by atoms with E-state index in [9.17, 15) is 4.79 Å². The first-order chi connectivity index (χ1) is 31.5. The second-order valence-corrected chi connectivity index (χ2v) is 11.4. The van der Waals surface area contributed by atoms with Gasteiger partial charge in [0.2, 0.25) is 0 Å². The molecule has 1 N–H and O–H groups in total. The Morgan fingerprint density at radius 1 is 0.609 bits per heavy atom. The van der Waals surface area contributed by atoms with Crippen LogP contribution in [0.3, 0.4) is 0 Å². The molecule has 0 aromatic carbocycles. The first-order valence-electron chi connectivity index (χ1n) is 19.9. The van der Waals surface area contributed by atoms with E-state index in [-0.39, 0.29) is 49.0 Å². The Bertz CT molecular complexity index is 2840. The van der Waals surface area contributed by atoms with Crippen LogP contribution in [0.15, 0.2) is 27.6 Å². The van der Waals surface area contributed by atoms with Crippen molar-refractivity contribution in [3.05, 3.63) is 12.7 Å². The summed E-state index contributed by atoms with van der Waals surface area (Å²) < 4.78 is 0. The predicted octanol–water partition coefficient (Wildman–Crippen LogP) is 10.7. The summed E-state index contributed by atoms with van der Waals surface area (Å²) in [6.07, 6.45) is 7.83. The molecule has 2 aliphatic rings. The van der Waals surface area contributed by atoms with Crippen molar-refractivity contribution in [3.8, 4) is 189 Å². The van der Waals surface area contributed by atoms with Crippen LogP contribution in [0.2, 0.25) is 0 Å². The van der Waals surface area contributed by atoms with Crippen LogP contribution in [0.1, 0.15) is 96.7 Å². The van der Waals surface area contributed by atoms with Gasteiger partial charge in [0.1, 0.15) is 6.17 Å². The van der Waals surface area contributed by atoms with Gasteiger partial charge in [-0.2, -0.15) is 0 Å². The molecule has 2 heterocycles. The van der Waals surface area contributed by atoms with Crippen LogP contribution in [0, 0.1) is 189 Å². The number of hydrogen-bond acceptors (Lipinski definition) is 7. The molecule has 8 nitrogen and oxygen atoms in total. The zero-order valence-corrected chi connectivity index (χ0v) is 37.0. The monoisotopic (exact) mass is 895 g/mol. The van der Waals surface area contributed by atoms with Crippen molar-refractivity contribution in [2.45, 2.75) is 60.0 Å². The summed E-state index contributed by atoms with van der Waals surface area (Å²) in [5.41, 5.74) is 0.